The summed E-state index contributed by atoms with van der Waals surface area (Å²) in [6.45, 7) is 5.96. The third kappa shape index (κ3) is 8.38. The SMILES string of the molecule is C#C[C@]1(O)[C@H](N2C=CC(=O)NC2=C)O[C@](F)(COP(=O)(OCOC(=O)OC(C)C)OCOC(=O)OC(C)C)[C@H]1O. The van der Waals surface area contributed by atoms with Crippen LogP contribution in [0.4, 0.5) is 14.0 Å². The molecule has 0 spiro atoms. The molecule has 224 valence electrons. The highest BCUT2D eigenvalue weighted by atomic mass is 31.2. The zero-order chi connectivity index (χ0) is 30.3. The van der Waals surface area contributed by atoms with E-state index in [1.165, 1.54) is 27.7 Å². The van der Waals surface area contributed by atoms with Gasteiger partial charge in [-0.1, -0.05) is 12.5 Å². The van der Waals surface area contributed by atoms with E-state index < -0.39 is 82.2 Å². The summed E-state index contributed by atoms with van der Waals surface area (Å²) >= 11 is 0. The van der Waals surface area contributed by atoms with Crippen LogP contribution in [0.15, 0.2) is 24.7 Å². The molecule has 0 unspecified atom stereocenters. The monoisotopic (exact) mass is 596 g/mol. The second-order valence-corrected chi connectivity index (χ2v) is 10.3. The molecule has 0 aliphatic carbocycles. The van der Waals surface area contributed by atoms with Crippen LogP contribution in [0.3, 0.4) is 0 Å². The second kappa shape index (κ2) is 13.4. The molecule has 0 aromatic heterocycles. The van der Waals surface area contributed by atoms with Gasteiger partial charge in [-0.25, -0.2) is 27.6 Å². The van der Waals surface area contributed by atoms with Gasteiger partial charge in [0.1, 0.15) is 12.4 Å². The van der Waals surface area contributed by atoms with E-state index in [1.807, 2.05) is 5.92 Å². The second-order valence-electron chi connectivity index (χ2n) is 8.62. The Morgan fingerprint density at radius 3 is 2.17 bits per heavy atom. The van der Waals surface area contributed by atoms with Gasteiger partial charge in [0, 0.05) is 12.3 Å². The molecule has 0 radical (unpaired) electrons. The minimum Gasteiger partial charge on any atom is -0.432 e. The van der Waals surface area contributed by atoms with Crippen molar-refractivity contribution in [2.45, 2.75) is 63.7 Å². The summed E-state index contributed by atoms with van der Waals surface area (Å²) in [7, 11) is -4.98. The van der Waals surface area contributed by atoms with E-state index in [0.717, 1.165) is 17.2 Å². The third-order valence-electron chi connectivity index (χ3n) is 4.82. The van der Waals surface area contributed by atoms with Crippen LogP contribution in [0, 0.1) is 12.3 Å². The topological polar surface area (TPSA) is 198 Å². The first kappa shape index (κ1) is 33.0. The van der Waals surface area contributed by atoms with Crippen LogP contribution < -0.4 is 5.32 Å². The number of terminal acetylenes is 1. The van der Waals surface area contributed by atoms with E-state index in [0.29, 0.717) is 0 Å². The molecule has 0 aromatic rings. The summed E-state index contributed by atoms with van der Waals surface area (Å²) in [4.78, 5) is 35.6. The Balaban J connectivity index is 2.18. The Hall–Kier alpha value is -3.23. The molecule has 2 heterocycles. The Labute approximate surface area is 228 Å². The number of carbonyl (C=O) groups is 3. The number of aliphatic hydroxyl groups is 2. The maximum atomic E-state index is 15.9. The van der Waals surface area contributed by atoms with Crippen molar-refractivity contribution in [1.82, 2.24) is 10.2 Å². The Morgan fingerprint density at radius 1 is 1.20 bits per heavy atom. The van der Waals surface area contributed by atoms with Gasteiger partial charge < -0.3 is 44.1 Å². The minimum atomic E-state index is -4.98. The predicted molar refractivity (Wildman–Crippen MR) is 128 cm³/mol. The number of alkyl halides is 1. The predicted octanol–water partition coefficient (Wildman–Crippen LogP) is 1.35. The first-order valence-corrected chi connectivity index (χ1v) is 12.9. The highest BCUT2D eigenvalue weighted by Crippen LogP contribution is 2.52. The molecule has 2 rings (SSSR count). The van der Waals surface area contributed by atoms with Crippen LogP contribution in [0.2, 0.25) is 0 Å². The number of hydrogen-bond donors (Lipinski definition) is 3. The summed E-state index contributed by atoms with van der Waals surface area (Å²) in [6, 6.07) is 0. The van der Waals surface area contributed by atoms with E-state index in [1.54, 1.807) is 0 Å². The number of aliphatic hydroxyl groups excluding tert-OH is 1. The fourth-order valence-electron chi connectivity index (χ4n) is 3.05. The minimum absolute atomic E-state index is 0.184. The maximum absolute atomic E-state index is 15.9. The van der Waals surface area contributed by atoms with Crippen molar-refractivity contribution in [1.29, 1.82) is 0 Å². The molecule has 2 aliphatic rings. The maximum Gasteiger partial charge on any atom is 0.510 e. The summed E-state index contributed by atoms with van der Waals surface area (Å²) in [5.41, 5.74) is -2.76. The van der Waals surface area contributed by atoms with Crippen molar-refractivity contribution < 1.29 is 70.8 Å². The van der Waals surface area contributed by atoms with Crippen molar-refractivity contribution in [2.24, 2.45) is 0 Å². The zero-order valence-electron chi connectivity index (χ0n) is 21.9. The van der Waals surface area contributed by atoms with Crippen molar-refractivity contribution in [3.05, 3.63) is 24.7 Å². The molecule has 3 N–H and O–H groups in total. The molecule has 40 heavy (non-hydrogen) atoms. The fourth-order valence-corrected chi connectivity index (χ4v) is 3.97. The lowest BCUT2D eigenvalue weighted by atomic mass is 9.93. The summed E-state index contributed by atoms with van der Waals surface area (Å²) < 4.78 is 67.2. The average molecular weight is 596 g/mol. The van der Waals surface area contributed by atoms with Crippen LogP contribution in [-0.2, 0) is 46.6 Å². The van der Waals surface area contributed by atoms with Crippen LogP contribution >= 0.6 is 7.82 Å². The first-order valence-electron chi connectivity index (χ1n) is 11.5. The number of amides is 1. The third-order valence-corrected chi connectivity index (χ3v) is 6.11. The molecule has 0 saturated carbocycles. The molecule has 16 nitrogen and oxygen atoms in total. The van der Waals surface area contributed by atoms with Gasteiger partial charge in [-0.15, -0.1) is 6.42 Å². The van der Waals surface area contributed by atoms with Gasteiger partial charge in [0.05, 0.1) is 12.2 Å². The molecule has 1 amide bonds. The lowest BCUT2D eigenvalue weighted by Gasteiger charge is -2.36. The fraction of sp³-hybridized carbons (Fsp3) is 0.591. The van der Waals surface area contributed by atoms with Gasteiger partial charge in [-0.3, -0.25) is 9.32 Å². The number of halogens is 1. The van der Waals surface area contributed by atoms with Crippen molar-refractivity contribution >= 4 is 26.0 Å². The molecular weight excluding hydrogens is 566 g/mol. The lowest BCUT2D eigenvalue weighted by molar-refractivity contribution is -0.209. The van der Waals surface area contributed by atoms with Gasteiger partial charge in [-0.05, 0) is 27.7 Å². The zero-order valence-corrected chi connectivity index (χ0v) is 22.8. The van der Waals surface area contributed by atoms with E-state index in [9.17, 15) is 29.2 Å². The standard InChI is InChI=1S/C22H30FN2O14P/c1-7-21(30)17(27)22(23,39-18(21)25-9-8-16(26)24-15(25)6)10-34-40(31,35-11-32-19(28)37-13(2)3)36-12-33-20(29)38-14(4)5/h1,8-9,13-14,17-18,27,30H,6,10-12H2,2-5H3,(H,24,26)/t17-,18+,21+,22+/m0/s1. The lowest BCUT2D eigenvalue weighted by Crippen LogP contribution is -2.55. The molecule has 4 atom stereocenters. The highest BCUT2D eigenvalue weighted by molar-refractivity contribution is 7.48. The van der Waals surface area contributed by atoms with Crippen molar-refractivity contribution in [3.63, 3.8) is 0 Å². The molecule has 1 saturated heterocycles. The summed E-state index contributed by atoms with van der Waals surface area (Å²) in [5.74, 6) is -2.32. The summed E-state index contributed by atoms with van der Waals surface area (Å²) in [6.07, 6.45) is -0.583. The van der Waals surface area contributed by atoms with Crippen LogP contribution in [0.25, 0.3) is 0 Å². The van der Waals surface area contributed by atoms with Crippen LogP contribution in [-0.4, -0.2) is 89.5 Å². The number of phosphoric ester groups is 1. The Bertz CT molecular complexity index is 1060. The van der Waals surface area contributed by atoms with Gasteiger partial charge >= 0.3 is 20.1 Å². The van der Waals surface area contributed by atoms with Crippen LogP contribution in [0.5, 0.6) is 0 Å². The quantitative estimate of drug-likeness (QED) is 0.126. The van der Waals surface area contributed by atoms with E-state index in [-0.39, 0.29) is 5.82 Å². The number of carbonyl (C=O) groups excluding carboxylic acids is 3. The number of hydrogen-bond acceptors (Lipinski definition) is 15. The molecule has 0 aromatic carbocycles. The smallest absolute Gasteiger partial charge is 0.432 e. The number of rotatable bonds is 12. The molecular formula is C22H30FN2O14P. The van der Waals surface area contributed by atoms with Crippen molar-refractivity contribution in [3.8, 4) is 12.3 Å². The normalized spacial score (nSPS) is 26.4. The number of nitrogens with one attached hydrogen (secondary N) is 1. The average Bonchev–Trinajstić information content (AvgIpc) is 3.04. The van der Waals surface area contributed by atoms with E-state index >= 15 is 4.39 Å². The molecule has 0 bridgehead atoms. The van der Waals surface area contributed by atoms with Gasteiger partial charge in [0.15, 0.2) is 12.3 Å². The van der Waals surface area contributed by atoms with Gasteiger partial charge in [0.2, 0.25) is 19.2 Å². The first-order chi connectivity index (χ1) is 18.5. The molecule has 2 aliphatic heterocycles. The Morgan fingerprint density at radius 2 is 1.73 bits per heavy atom. The van der Waals surface area contributed by atoms with Crippen molar-refractivity contribution in [2.75, 3.05) is 20.2 Å². The summed E-state index contributed by atoms with van der Waals surface area (Å²) in [5, 5.41) is 23.7. The highest BCUT2D eigenvalue weighted by Gasteiger charge is 2.66. The van der Waals surface area contributed by atoms with E-state index in [2.05, 4.69) is 21.4 Å². The number of ether oxygens (including phenoxy) is 5. The Kier molecular flexibility index (Phi) is 11.1. The number of phosphoric acid groups is 1. The largest absolute Gasteiger partial charge is 0.510 e. The number of nitrogens with zero attached hydrogens (tertiary/aromatic N) is 1. The molecule has 18 heteroatoms. The van der Waals surface area contributed by atoms with Crippen LogP contribution in [0.1, 0.15) is 27.7 Å². The van der Waals surface area contributed by atoms with E-state index in [4.69, 9.17) is 34.2 Å². The van der Waals surface area contributed by atoms with Gasteiger partial charge in [-0.2, -0.15) is 0 Å². The van der Waals surface area contributed by atoms with Gasteiger partial charge in [0.25, 0.3) is 11.8 Å². The molecule has 1 fully saturated rings.